The summed E-state index contributed by atoms with van der Waals surface area (Å²) in [5.41, 5.74) is 5.28. The fraction of sp³-hybridized carbons (Fsp3) is 0.375. The maximum atomic E-state index is 4.69. The molecular weight excluding hydrogens is 294 g/mol. The third-order valence-corrected chi connectivity index (χ3v) is 4.77. The number of aromatic nitrogens is 3. The number of thiazole rings is 1. The number of imidazole rings is 1. The normalized spacial score (nSPS) is 17.3. The van der Waals surface area contributed by atoms with Gasteiger partial charge in [0, 0.05) is 57.0 Å². The average molecular weight is 313 g/mol. The van der Waals surface area contributed by atoms with E-state index in [1.165, 1.54) is 5.69 Å². The summed E-state index contributed by atoms with van der Waals surface area (Å²) in [5.74, 6) is 0. The first kappa shape index (κ1) is 13.9. The number of pyridine rings is 1. The van der Waals surface area contributed by atoms with Crippen molar-refractivity contribution in [1.82, 2.24) is 24.2 Å². The van der Waals surface area contributed by atoms with Gasteiger partial charge in [-0.15, -0.1) is 11.3 Å². The van der Waals surface area contributed by atoms with Crippen molar-refractivity contribution in [1.29, 1.82) is 0 Å². The molecule has 0 aliphatic carbocycles. The van der Waals surface area contributed by atoms with E-state index in [0.717, 1.165) is 50.6 Å². The molecule has 1 saturated heterocycles. The fourth-order valence-corrected chi connectivity index (χ4v) is 3.49. The van der Waals surface area contributed by atoms with Crippen LogP contribution in [0, 0.1) is 0 Å². The SMILES string of the molecule is c1ccn2cc(CN3CCN(Cc4cscn4)CC3)nc2c1. The molecule has 6 heteroatoms. The maximum Gasteiger partial charge on any atom is 0.137 e. The van der Waals surface area contributed by atoms with Gasteiger partial charge in [-0.3, -0.25) is 9.80 Å². The first-order chi connectivity index (χ1) is 10.9. The third kappa shape index (κ3) is 3.04. The van der Waals surface area contributed by atoms with Crippen molar-refractivity contribution in [3.05, 3.63) is 52.9 Å². The predicted molar refractivity (Wildman–Crippen MR) is 87.9 cm³/mol. The van der Waals surface area contributed by atoms with E-state index >= 15 is 0 Å². The zero-order valence-electron chi connectivity index (χ0n) is 12.4. The van der Waals surface area contributed by atoms with Crippen LogP contribution in [0.25, 0.3) is 5.65 Å². The Morgan fingerprint density at radius 2 is 1.77 bits per heavy atom. The quantitative estimate of drug-likeness (QED) is 0.739. The van der Waals surface area contributed by atoms with Crippen molar-refractivity contribution in [2.75, 3.05) is 26.2 Å². The topological polar surface area (TPSA) is 36.7 Å². The van der Waals surface area contributed by atoms with Crippen LogP contribution in [0.4, 0.5) is 0 Å². The average Bonchev–Trinajstić information content (AvgIpc) is 3.18. The summed E-state index contributed by atoms with van der Waals surface area (Å²) >= 11 is 1.67. The van der Waals surface area contributed by atoms with E-state index in [1.54, 1.807) is 11.3 Å². The van der Waals surface area contributed by atoms with Crippen LogP contribution in [0.3, 0.4) is 0 Å². The van der Waals surface area contributed by atoms with Gasteiger partial charge in [-0.2, -0.15) is 0 Å². The molecule has 1 fully saturated rings. The van der Waals surface area contributed by atoms with E-state index in [4.69, 9.17) is 0 Å². The molecular formula is C16H19N5S. The highest BCUT2D eigenvalue weighted by atomic mass is 32.1. The van der Waals surface area contributed by atoms with Gasteiger partial charge < -0.3 is 4.40 Å². The van der Waals surface area contributed by atoms with Gasteiger partial charge in [-0.05, 0) is 12.1 Å². The van der Waals surface area contributed by atoms with Gasteiger partial charge in [0.2, 0.25) is 0 Å². The summed E-state index contributed by atoms with van der Waals surface area (Å²) in [7, 11) is 0. The van der Waals surface area contributed by atoms with E-state index in [1.807, 2.05) is 17.6 Å². The lowest BCUT2D eigenvalue weighted by atomic mass is 10.3. The van der Waals surface area contributed by atoms with E-state index in [2.05, 4.69) is 48.0 Å². The van der Waals surface area contributed by atoms with E-state index in [0.29, 0.717) is 0 Å². The minimum atomic E-state index is 0.937. The number of nitrogens with zero attached hydrogens (tertiary/aromatic N) is 5. The van der Waals surface area contributed by atoms with Crippen molar-refractivity contribution in [2.24, 2.45) is 0 Å². The number of rotatable bonds is 4. The molecule has 4 heterocycles. The lowest BCUT2D eigenvalue weighted by molar-refractivity contribution is 0.120. The number of hydrogen-bond donors (Lipinski definition) is 0. The Kier molecular flexibility index (Phi) is 3.88. The van der Waals surface area contributed by atoms with Gasteiger partial charge in [0.05, 0.1) is 16.9 Å². The molecule has 0 amide bonds. The molecule has 22 heavy (non-hydrogen) atoms. The molecule has 0 N–H and O–H groups in total. The smallest absolute Gasteiger partial charge is 0.137 e. The van der Waals surface area contributed by atoms with Crippen molar-refractivity contribution in [3.8, 4) is 0 Å². The molecule has 0 unspecified atom stereocenters. The largest absolute Gasteiger partial charge is 0.307 e. The molecule has 1 aliphatic heterocycles. The molecule has 0 aromatic carbocycles. The zero-order chi connectivity index (χ0) is 14.8. The second-order valence-corrected chi connectivity index (χ2v) is 6.45. The molecule has 4 rings (SSSR count). The molecule has 5 nitrogen and oxygen atoms in total. The predicted octanol–water partition coefficient (Wildman–Crippen LogP) is 2.11. The lowest BCUT2D eigenvalue weighted by Gasteiger charge is -2.33. The van der Waals surface area contributed by atoms with Gasteiger partial charge in [-0.25, -0.2) is 9.97 Å². The molecule has 114 valence electrons. The molecule has 0 bridgehead atoms. The van der Waals surface area contributed by atoms with E-state index < -0.39 is 0 Å². The molecule has 1 aliphatic rings. The lowest BCUT2D eigenvalue weighted by Crippen LogP contribution is -2.45. The van der Waals surface area contributed by atoms with Crippen molar-refractivity contribution >= 4 is 17.0 Å². The summed E-state index contributed by atoms with van der Waals surface area (Å²) in [5, 5.41) is 2.14. The molecule has 3 aromatic heterocycles. The summed E-state index contributed by atoms with van der Waals surface area (Å²) in [4.78, 5) is 14.0. The van der Waals surface area contributed by atoms with Crippen LogP contribution in [-0.4, -0.2) is 50.3 Å². The van der Waals surface area contributed by atoms with Crippen LogP contribution in [0.2, 0.25) is 0 Å². The second-order valence-electron chi connectivity index (χ2n) is 5.73. The van der Waals surface area contributed by atoms with Crippen molar-refractivity contribution in [3.63, 3.8) is 0 Å². The highest BCUT2D eigenvalue weighted by molar-refractivity contribution is 7.07. The molecule has 0 saturated carbocycles. The minimum absolute atomic E-state index is 0.937. The number of hydrogen-bond acceptors (Lipinski definition) is 5. The second kappa shape index (κ2) is 6.16. The summed E-state index contributed by atoms with van der Waals surface area (Å²) < 4.78 is 2.09. The van der Waals surface area contributed by atoms with Crippen molar-refractivity contribution < 1.29 is 0 Å². The van der Waals surface area contributed by atoms with Crippen LogP contribution in [0.5, 0.6) is 0 Å². The van der Waals surface area contributed by atoms with Crippen LogP contribution < -0.4 is 0 Å². The molecule has 3 aromatic rings. The summed E-state index contributed by atoms with van der Waals surface area (Å²) in [6, 6.07) is 6.12. The highest BCUT2D eigenvalue weighted by Crippen LogP contribution is 2.12. The standard InChI is InChI=1S/C16H19N5S/c1-2-4-21-11-14(18-16(21)3-1)9-19-5-7-20(8-6-19)10-15-12-22-13-17-15/h1-4,11-13H,5-10H2. The van der Waals surface area contributed by atoms with Crippen LogP contribution in [-0.2, 0) is 13.1 Å². The van der Waals surface area contributed by atoms with Gasteiger partial charge in [-0.1, -0.05) is 6.07 Å². The van der Waals surface area contributed by atoms with Gasteiger partial charge in [0.15, 0.2) is 0 Å². The summed E-state index contributed by atoms with van der Waals surface area (Å²) in [6.45, 7) is 6.31. The Hall–Kier alpha value is -1.76. The molecule has 0 atom stereocenters. The maximum absolute atomic E-state index is 4.69. The van der Waals surface area contributed by atoms with Crippen LogP contribution >= 0.6 is 11.3 Å². The van der Waals surface area contributed by atoms with Crippen LogP contribution in [0.1, 0.15) is 11.4 Å². The third-order valence-electron chi connectivity index (χ3n) is 4.13. The van der Waals surface area contributed by atoms with Gasteiger partial charge in [0.1, 0.15) is 5.65 Å². The Labute approximate surface area is 133 Å². The Morgan fingerprint density at radius 3 is 2.45 bits per heavy atom. The Balaban J connectivity index is 1.33. The Morgan fingerprint density at radius 1 is 1.00 bits per heavy atom. The number of piperazine rings is 1. The van der Waals surface area contributed by atoms with Gasteiger partial charge >= 0.3 is 0 Å². The monoisotopic (exact) mass is 313 g/mol. The minimum Gasteiger partial charge on any atom is -0.307 e. The number of fused-ring (bicyclic) bond motifs is 1. The van der Waals surface area contributed by atoms with Gasteiger partial charge in [0.25, 0.3) is 0 Å². The van der Waals surface area contributed by atoms with Crippen molar-refractivity contribution in [2.45, 2.75) is 13.1 Å². The zero-order valence-corrected chi connectivity index (χ0v) is 13.2. The highest BCUT2D eigenvalue weighted by Gasteiger charge is 2.18. The summed E-state index contributed by atoms with van der Waals surface area (Å²) in [6.07, 6.45) is 4.19. The van der Waals surface area contributed by atoms with E-state index in [9.17, 15) is 0 Å². The van der Waals surface area contributed by atoms with E-state index in [-0.39, 0.29) is 0 Å². The molecule has 0 radical (unpaired) electrons. The molecule has 0 spiro atoms. The first-order valence-electron chi connectivity index (χ1n) is 7.61. The fourth-order valence-electron chi connectivity index (χ4n) is 2.94. The first-order valence-corrected chi connectivity index (χ1v) is 8.55. The Bertz CT molecular complexity index is 695. The van der Waals surface area contributed by atoms with Crippen LogP contribution in [0.15, 0.2) is 41.5 Å².